The average molecular weight is 241 g/mol. The summed E-state index contributed by atoms with van der Waals surface area (Å²) in [6.45, 7) is 4.31. The van der Waals surface area contributed by atoms with Crippen molar-refractivity contribution in [2.45, 2.75) is 32.7 Å². The molecular weight excluding hydrogens is 222 g/mol. The molecule has 1 fully saturated rings. The van der Waals surface area contributed by atoms with Crippen molar-refractivity contribution in [2.75, 3.05) is 5.73 Å². The number of benzene rings is 1. The van der Waals surface area contributed by atoms with Crippen LogP contribution in [0, 0.1) is 12.8 Å². The number of aryl methyl sites for hydroxylation is 1. The number of anilines is 1. The predicted molar refractivity (Wildman–Crippen MR) is 74.2 cm³/mol. The van der Waals surface area contributed by atoms with E-state index in [1.165, 1.54) is 18.4 Å². The quantitative estimate of drug-likeness (QED) is 0.894. The number of aromatic nitrogens is 2. The van der Waals surface area contributed by atoms with Gasteiger partial charge in [0.15, 0.2) is 0 Å². The molecule has 2 aromatic rings. The number of rotatable bonds is 3. The van der Waals surface area contributed by atoms with Gasteiger partial charge >= 0.3 is 0 Å². The Morgan fingerprint density at radius 1 is 1.28 bits per heavy atom. The van der Waals surface area contributed by atoms with Crippen molar-refractivity contribution in [1.29, 1.82) is 0 Å². The van der Waals surface area contributed by atoms with Crippen LogP contribution in [0.4, 0.5) is 5.69 Å². The molecule has 1 aliphatic rings. The molecule has 0 bridgehead atoms. The lowest BCUT2D eigenvalue weighted by Crippen LogP contribution is -2.07. The fourth-order valence-corrected chi connectivity index (χ4v) is 2.34. The van der Waals surface area contributed by atoms with E-state index in [-0.39, 0.29) is 0 Å². The summed E-state index contributed by atoms with van der Waals surface area (Å²) in [4.78, 5) is 0. The summed E-state index contributed by atoms with van der Waals surface area (Å²) in [6, 6.07) is 8.82. The minimum absolute atomic E-state index is 0.464. The molecule has 1 aliphatic carbocycles. The molecule has 0 aliphatic heterocycles. The van der Waals surface area contributed by atoms with E-state index in [1.54, 1.807) is 0 Å². The molecule has 1 heterocycles. The van der Waals surface area contributed by atoms with Crippen molar-refractivity contribution in [3.05, 3.63) is 36.0 Å². The summed E-state index contributed by atoms with van der Waals surface area (Å²) in [5.74, 6) is 0.787. The smallest absolute Gasteiger partial charge is 0.115 e. The molecule has 1 saturated carbocycles. The monoisotopic (exact) mass is 241 g/mol. The van der Waals surface area contributed by atoms with Crippen molar-refractivity contribution >= 4 is 5.69 Å². The number of hydrogen-bond acceptors (Lipinski definition) is 2. The Hall–Kier alpha value is -1.77. The predicted octanol–water partition coefficient (Wildman–Crippen LogP) is 3.41. The SMILES string of the molecule is Cc1ccc(-c2nn(C(C)C3CC3)cc2N)cc1. The minimum atomic E-state index is 0.464. The van der Waals surface area contributed by atoms with Crippen LogP contribution in [0.2, 0.25) is 0 Å². The summed E-state index contributed by atoms with van der Waals surface area (Å²) < 4.78 is 2.03. The van der Waals surface area contributed by atoms with Gasteiger partial charge in [-0.25, -0.2) is 0 Å². The van der Waals surface area contributed by atoms with Crippen molar-refractivity contribution in [3.8, 4) is 11.3 Å². The first-order valence-corrected chi connectivity index (χ1v) is 6.57. The van der Waals surface area contributed by atoms with Crippen LogP contribution < -0.4 is 5.73 Å². The van der Waals surface area contributed by atoms with Crippen LogP contribution in [0.5, 0.6) is 0 Å². The first-order chi connectivity index (χ1) is 8.65. The molecule has 0 saturated heterocycles. The molecular formula is C15H19N3. The molecule has 94 valence electrons. The number of hydrogen-bond donors (Lipinski definition) is 1. The molecule has 1 unspecified atom stereocenters. The van der Waals surface area contributed by atoms with E-state index in [4.69, 9.17) is 5.73 Å². The molecule has 1 aromatic heterocycles. The van der Waals surface area contributed by atoms with Crippen LogP contribution >= 0.6 is 0 Å². The maximum absolute atomic E-state index is 6.09. The number of nitrogens with zero attached hydrogens (tertiary/aromatic N) is 2. The van der Waals surface area contributed by atoms with Gasteiger partial charge in [-0.2, -0.15) is 5.10 Å². The second-order valence-electron chi connectivity index (χ2n) is 5.36. The largest absolute Gasteiger partial charge is 0.396 e. The van der Waals surface area contributed by atoms with E-state index in [1.807, 2.05) is 10.9 Å². The third-order valence-corrected chi connectivity index (χ3v) is 3.81. The second-order valence-corrected chi connectivity index (χ2v) is 5.36. The Morgan fingerprint density at radius 2 is 1.94 bits per heavy atom. The zero-order valence-corrected chi connectivity index (χ0v) is 10.9. The lowest BCUT2D eigenvalue weighted by atomic mass is 10.1. The Balaban J connectivity index is 1.94. The molecule has 0 amide bonds. The fourth-order valence-electron chi connectivity index (χ4n) is 2.34. The molecule has 0 spiro atoms. The molecule has 1 aromatic carbocycles. The van der Waals surface area contributed by atoms with E-state index < -0.39 is 0 Å². The van der Waals surface area contributed by atoms with E-state index >= 15 is 0 Å². The zero-order valence-electron chi connectivity index (χ0n) is 10.9. The Kier molecular flexibility index (Phi) is 2.62. The average Bonchev–Trinajstić information content (AvgIpc) is 3.13. The molecule has 3 heteroatoms. The third kappa shape index (κ3) is 2.01. The maximum atomic E-state index is 6.09. The molecule has 1 atom stereocenters. The van der Waals surface area contributed by atoms with Crippen LogP contribution in [-0.2, 0) is 0 Å². The molecule has 0 radical (unpaired) electrons. The van der Waals surface area contributed by atoms with Gasteiger partial charge in [0.2, 0.25) is 0 Å². The first-order valence-electron chi connectivity index (χ1n) is 6.57. The third-order valence-electron chi connectivity index (χ3n) is 3.81. The topological polar surface area (TPSA) is 43.8 Å². The normalized spacial score (nSPS) is 16.8. The van der Waals surface area contributed by atoms with Gasteiger partial charge in [0.1, 0.15) is 5.69 Å². The van der Waals surface area contributed by atoms with Gasteiger partial charge in [-0.15, -0.1) is 0 Å². The highest BCUT2D eigenvalue weighted by Crippen LogP contribution is 2.40. The Morgan fingerprint density at radius 3 is 2.56 bits per heavy atom. The van der Waals surface area contributed by atoms with Crippen molar-refractivity contribution < 1.29 is 0 Å². The lowest BCUT2D eigenvalue weighted by molar-refractivity contribution is 0.441. The highest BCUT2D eigenvalue weighted by atomic mass is 15.3. The van der Waals surface area contributed by atoms with Crippen LogP contribution in [-0.4, -0.2) is 9.78 Å². The molecule has 3 nitrogen and oxygen atoms in total. The van der Waals surface area contributed by atoms with Gasteiger partial charge in [-0.05, 0) is 32.6 Å². The highest BCUT2D eigenvalue weighted by molar-refractivity contribution is 5.72. The van der Waals surface area contributed by atoms with Crippen molar-refractivity contribution in [2.24, 2.45) is 5.92 Å². The standard InChI is InChI=1S/C15H19N3/c1-10-3-5-13(6-4-10)15-14(16)9-18(17-15)11(2)12-7-8-12/h3-6,9,11-12H,7-8,16H2,1-2H3. The zero-order chi connectivity index (χ0) is 12.7. The Labute approximate surface area is 108 Å². The molecule has 18 heavy (non-hydrogen) atoms. The second kappa shape index (κ2) is 4.16. The van der Waals surface area contributed by atoms with Gasteiger partial charge in [0, 0.05) is 11.8 Å². The van der Waals surface area contributed by atoms with Crippen molar-refractivity contribution in [3.63, 3.8) is 0 Å². The van der Waals surface area contributed by atoms with E-state index in [2.05, 4.69) is 43.2 Å². The highest BCUT2D eigenvalue weighted by Gasteiger charge is 2.30. The first kappa shape index (κ1) is 11.3. The van der Waals surface area contributed by atoms with Crippen LogP contribution in [0.15, 0.2) is 30.5 Å². The van der Waals surface area contributed by atoms with Crippen LogP contribution in [0.1, 0.15) is 31.4 Å². The lowest BCUT2D eigenvalue weighted by Gasteiger charge is -2.09. The van der Waals surface area contributed by atoms with Crippen molar-refractivity contribution in [1.82, 2.24) is 9.78 Å². The summed E-state index contributed by atoms with van der Waals surface area (Å²) in [5, 5.41) is 4.66. The molecule has 2 N–H and O–H groups in total. The Bertz CT molecular complexity index is 550. The van der Waals surface area contributed by atoms with Crippen LogP contribution in [0.3, 0.4) is 0 Å². The fraction of sp³-hybridized carbons (Fsp3) is 0.400. The van der Waals surface area contributed by atoms with E-state index in [0.29, 0.717) is 6.04 Å². The van der Waals surface area contributed by atoms with E-state index in [9.17, 15) is 0 Å². The summed E-state index contributed by atoms with van der Waals surface area (Å²) >= 11 is 0. The number of nitrogen functional groups attached to an aromatic ring is 1. The molecule has 3 rings (SSSR count). The van der Waals surface area contributed by atoms with Crippen LogP contribution in [0.25, 0.3) is 11.3 Å². The van der Waals surface area contributed by atoms with E-state index in [0.717, 1.165) is 22.9 Å². The maximum Gasteiger partial charge on any atom is 0.115 e. The van der Waals surface area contributed by atoms with Gasteiger partial charge in [0.25, 0.3) is 0 Å². The summed E-state index contributed by atoms with van der Waals surface area (Å²) in [7, 11) is 0. The summed E-state index contributed by atoms with van der Waals surface area (Å²) in [6.07, 6.45) is 4.61. The minimum Gasteiger partial charge on any atom is -0.396 e. The number of nitrogens with two attached hydrogens (primary N) is 1. The van der Waals surface area contributed by atoms with Gasteiger partial charge in [-0.3, -0.25) is 4.68 Å². The summed E-state index contributed by atoms with van der Waals surface area (Å²) in [5.41, 5.74) is 10.1. The van der Waals surface area contributed by atoms with Gasteiger partial charge in [0.05, 0.1) is 11.7 Å². The van der Waals surface area contributed by atoms with Gasteiger partial charge in [-0.1, -0.05) is 29.8 Å². The van der Waals surface area contributed by atoms with Gasteiger partial charge < -0.3 is 5.73 Å².